The highest BCUT2D eigenvalue weighted by atomic mass is 19.1. The van der Waals surface area contributed by atoms with Crippen LogP contribution < -0.4 is 10.1 Å². The van der Waals surface area contributed by atoms with E-state index in [0.29, 0.717) is 5.69 Å². The number of nitrogens with zero attached hydrogens (tertiary/aromatic N) is 2. The van der Waals surface area contributed by atoms with Gasteiger partial charge in [-0.25, -0.2) is 9.37 Å². The maximum absolute atomic E-state index is 13.5. The number of halogens is 1. The molecule has 2 rings (SSSR count). The zero-order valence-corrected chi connectivity index (χ0v) is 9.96. The Labute approximate surface area is 108 Å². The van der Waals surface area contributed by atoms with E-state index in [0.717, 1.165) is 0 Å². The molecule has 0 bridgehead atoms. The van der Waals surface area contributed by atoms with Crippen molar-refractivity contribution >= 4 is 17.2 Å². The van der Waals surface area contributed by atoms with Crippen LogP contribution in [0.15, 0.2) is 36.5 Å². The smallest absolute Gasteiger partial charge is 0.274 e. The number of methoxy groups -OCH3 is 1. The van der Waals surface area contributed by atoms with Crippen LogP contribution in [0.4, 0.5) is 21.6 Å². The van der Waals surface area contributed by atoms with Crippen molar-refractivity contribution in [2.24, 2.45) is 0 Å². The maximum Gasteiger partial charge on any atom is 0.274 e. The first-order valence-corrected chi connectivity index (χ1v) is 5.31. The van der Waals surface area contributed by atoms with Crippen LogP contribution in [0.2, 0.25) is 0 Å². The van der Waals surface area contributed by atoms with E-state index in [9.17, 15) is 14.5 Å². The van der Waals surface area contributed by atoms with Gasteiger partial charge >= 0.3 is 0 Å². The number of hydrogen-bond acceptors (Lipinski definition) is 5. The number of benzene rings is 1. The van der Waals surface area contributed by atoms with Crippen molar-refractivity contribution in [1.29, 1.82) is 0 Å². The van der Waals surface area contributed by atoms with Crippen molar-refractivity contribution in [2.45, 2.75) is 0 Å². The molecule has 0 atom stereocenters. The molecule has 19 heavy (non-hydrogen) atoms. The topological polar surface area (TPSA) is 77.3 Å². The molecule has 0 amide bonds. The third kappa shape index (κ3) is 2.95. The summed E-state index contributed by atoms with van der Waals surface area (Å²) in [5, 5.41) is 13.4. The number of nitro groups is 1. The number of rotatable bonds is 4. The van der Waals surface area contributed by atoms with Gasteiger partial charge in [-0.3, -0.25) is 10.1 Å². The Balaban J connectivity index is 2.23. The average Bonchev–Trinajstić information content (AvgIpc) is 2.39. The Hall–Kier alpha value is -2.70. The van der Waals surface area contributed by atoms with Gasteiger partial charge in [0.05, 0.1) is 18.1 Å². The third-order valence-electron chi connectivity index (χ3n) is 2.38. The van der Waals surface area contributed by atoms with Crippen molar-refractivity contribution in [1.82, 2.24) is 4.98 Å². The fraction of sp³-hybridized carbons (Fsp3) is 0.0833. The van der Waals surface area contributed by atoms with Crippen LogP contribution in [0, 0.1) is 15.9 Å². The number of ether oxygens (including phenoxy) is 1. The van der Waals surface area contributed by atoms with Gasteiger partial charge < -0.3 is 10.1 Å². The predicted molar refractivity (Wildman–Crippen MR) is 67.1 cm³/mol. The highest BCUT2D eigenvalue weighted by Gasteiger charge is 2.08. The summed E-state index contributed by atoms with van der Waals surface area (Å²) in [6, 6.07) is 6.80. The minimum Gasteiger partial charge on any atom is -0.494 e. The quantitative estimate of drug-likeness (QED) is 0.677. The van der Waals surface area contributed by atoms with E-state index in [2.05, 4.69) is 10.3 Å². The second kappa shape index (κ2) is 5.30. The molecular formula is C12H10FN3O3. The molecule has 1 heterocycles. The minimum absolute atomic E-state index is 0.0912. The van der Waals surface area contributed by atoms with Crippen molar-refractivity contribution in [3.8, 4) is 5.75 Å². The summed E-state index contributed by atoms with van der Waals surface area (Å²) in [6.45, 7) is 0. The Bertz CT molecular complexity index is 619. The monoisotopic (exact) mass is 263 g/mol. The molecule has 7 heteroatoms. The summed E-state index contributed by atoms with van der Waals surface area (Å²) in [7, 11) is 1.37. The fourth-order valence-electron chi connectivity index (χ4n) is 1.49. The lowest BCUT2D eigenvalue weighted by molar-refractivity contribution is -0.384. The highest BCUT2D eigenvalue weighted by molar-refractivity contribution is 5.59. The molecule has 0 aliphatic carbocycles. The van der Waals surface area contributed by atoms with Crippen LogP contribution in [0.1, 0.15) is 0 Å². The molecule has 0 fully saturated rings. The molecule has 0 saturated carbocycles. The molecule has 98 valence electrons. The number of anilines is 2. The zero-order valence-electron chi connectivity index (χ0n) is 9.96. The Kier molecular flexibility index (Phi) is 3.56. The Morgan fingerprint density at radius 3 is 2.79 bits per heavy atom. The molecule has 0 unspecified atom stereocenters. The van der Waals surface area contributed by atoms with Gasteiger partial charge in [0, 0.05) is 24.0 Å². The minimum atomic E-state index is -0.530. The predicted octanol–water partition coefficient (Wildman–Crippen LogP) is 2.88. The molecule has 0 spiro atoms. The molecule has 1 aromatic carbocycles. The summed E-state index contributed by atoms with van der Waals surface area (Å²) in [5.41, 5.74) is 0.331. The lowest BCUT2D eigenvalue weighted by atomic mass is 10.3. The van der Waals surface area contributed by atoms with E-state index < -0.39 is 10.7 Å². The first-order chi connectivity index (χ1) is 9.10. The molecule has 6 nitrogen and oxygen atoms in total. The number of hydrogen-bond donors (Lipinski definition) is 1. The first kappa shape index (κ1) is 12.7. The summed E-state index contributed by atoms with van der Waals surface area (Å²) >= 11 is 0. The van der Waals surface area contributed by atoms with Gasteiger partial charge in [0.1, 0.15) is 5.82 Å². The molecule has 1 aromatic heterocycles. The molecule has 0 aliphatic rings. The number of aromatic nitrogens is 1. The van der Waals surface area contributed by atoms with Gasteiger partial charge in [-0.05, 0) is 12.1 Å². The summed E-state index contributed by atoms with van der Waals surface area (Å²) in [5.74, 6) is -0.144. The van der Waals surface area contributed by atoms with E-state index in [1.807, 2.05) is 0 Å². The Morgan fingerprint density at radius 2 is 2.16 bits per heavy atom. The van der Waals surface area contributed by atoms with Crippen LogP contribution in [0.25, 0.3) is 0 Å². The third-order valence-corrected chi connectivity index (χ3v) is 2.38. The standard InChI is InChI=1S/C12H10FN3O3/c1-19-11-3-2-8(6-10(11)13)15-12-7-9(16(17)18)4-5-14-12/h2-7H,1H3,(H,14,15). The van der Waals surface area contributed by atoms with Crippen LogP contribution in [0.5, 0.6) is 5.75 Å². The SMILES string of the molecule is COc1ccc(Nc2cc([N+](=O)[O-])ccn2)cc1F. The van der Waals surface area contributed by atoms with Gasteiger partial charge in [-0.2, -0.15) is 0 Å². The van der Waals surface area contributed by atoms with Crippen LogP contribution >= 0.6 is 0 Å². The van der Waals surface area contributed by atoms with E-state index in [-0.39, 0.29) is 17.3 Å². The lowest BCUT2D eigenvalue weighted by Gasteiger charge is -2.07. The summed E-state index contributed by atoms with van der Waals surface area (Å²) in [4.78, 5) is 14.0. The van der Waals surface area contributed by atoms with Gasteiger partial charge in [-0.1, -0.05) is 0 Å². The number of nitrogens with one attached hydrogen (secondary N) is 1. The van der Waals surface area contributed by atoms with Crippen molar-refractivity contribution in [2.75, 3.05) is 12.4 Å². The van der Waals surface area contributed by atoms with E-state index >= 15 is 0 Å². The highest BCUT2D eigenvalue weighted by Crippen LogP contribution is 2.24. The van der Waals surface area contributed by atoms with Crippen LogP contribution in [-0.4, -0.2) is 17.0 Å². The molecule has 0 saturated heterocycles. The number of pyridine rings is 1. The van der Waals surface area contributed by atoms with Crippen LogP contribution in [0.3, 0.4) is 0 Å². The van der Waals surface area contributed by atoms with Gasteiger partial charge in [0.25, 0.3) is 5.69 Å². The zero-order chi connectivity index (χ0) is 13.8. The second-order valence-electron chi connectivity index (χ2n) is 3.63. The Morgan fingerprint density at radius 1 is 1.37 bits per heavy atom. The summed E-state index contributed by atoms with van der Waals surface area (Å²) in [6.07, 6.45) is 1.31. The molecule has 0 aliphatic heterocycles. The van der Waals surface area contributed by atoms with Crippen LogP contribution in [-0.2, 0) is 0 Å². The van der Waals surface area contributed by atoms with E-state index in [4.69, 9.17) is 4.74 Å². The van der Waals surface area contributed by atoms with E-state index in [1.54, 1.807) is 6.07 Å². The first-order valence-electron chi connectivity index (χ1n) is 5.31. The lowest BCUT2D eigenvalue weighted by Crippen LogP contribution is -1.97. The molecule has 0 radical (unpaired) electrons. The normalized spacial score (nSPS) is 10.0. The van der Waals surface area contributed by atoms with Crippen molar-refractivity contribution in [3.63, 3.8) is 0 Å². The van der Waals surface area contributed by atoms with Gasteiger partial charge in [0.2, 0.25) is 0 Å². The van der Waals surface area contributed by atoms with Crippen molar-refractivity contribution < 1.29 is 14.1 Å². The second-order valence-corrected chi connectivity index (χ2v) is 3.63. The molecule has 1 N–H and O–H groups in total. The molecular weight excluding hydrogens is 253 g/mol. The van der Waals surface area contributed by atoms with Crippen molar-refractivity contribution in [3.05, 3.63) is 52.5 Å². The summed E-state index contributed by atoms with van der Waals surface area (Å²) < 4.78 is 18.3. The molecule has 2 aromatic rings. The van der Waals surface area contributed by atoms with E-state index in [1.165, 1.54) is 37.6 Å². The maximum atomic E-state index is 13.5. The fourth-order valence-corrected chi connectivity index (χ4v) is 1.49. The largest absolute Gasteiger partial charge is 0.494 e. The average molecular weight is 263 g/mol. The van der Waals surface area contributed by atoms with Gasteiger partial charge in [0.15, 0.2) is 11.6 Å². The van der Waals surface area contributed by atoms with Gasteiger partial charge in [-0.15, -0.1) is 0 Å².